The Morgan fingerprint density at radius 1 is 0.711 bits per heavy atom. The number of rotatable bonds is 8. The lowest BCUT2D eigenvalue weighted by molar-refractivity contribution is -0.132. The number of hydrogen-bond donors (Lipinski definition) is 1. The summed E-state index contributed by atoms with van der Waals surface area (Å²) < 4.78 is 0. The number of para-hydroxylation sites is 1. The average molecular weight is 515 g/mol. The average Bonchev–Trinajstić information content (AvgIpc) is 2.92. The molecule has 38 heavy (non-hydrogen) atoms. The molecular weight excluding hydrogens is 484 g/mol. The van der Waals surface area contributed by atoms with Gasteiger partial charge in [0.05, 0.1) is 8.07 Å². The van der Waals surface area contributed by atoms with Gasteiger partial charge >= 0.3 is 5.97 Å². The molecule has 0 atom stereocenters. The van der Waals surface area contributed by atoms with Gasteiger partial charge < -0.3 is 10.0 Å². The van der Waals surface area contributed by atoms with Gasteiger partial charge in [0.2, 0.25) is 0 Å². The quantitative estimate of drug-likeness (QED) is 0.112. The van der Waals surface area contributed by atoms with E-state index in [1.54, 1.807) is 18.2 Å². The molecule has 4 aromatic rings. The van der Waals surface area contributed by atoms with Gasteiger partial charge in [-0.2, -0.15) is 5.26 Å². The predicted molar refractivity (Wildman–Crippen MR) is 161 cm³/mol. The molecule has 0 saturated heterocycles. The van der Waals surface area contributed by atoms with Crippen LogP contribution in [0.15, 0.2) is 109 Å². The lowest BCUT2D eigenvalue weighted by Crippen LogP contribution is -2.37. The van der Waals surface area contributed by atoms with E-state index in [1.165, 1.54) is 11.3 Å². The van der Waals surface area contributed by atoms with Crippen LogP contribution in [0.3, 0.4) is 0 Å². The summed E-state index contributed by atoms with van der Waals surface area (Å²) in [4.78, 5) is 13.3. The maximum atomic E-state index is 11.0. The van der Waals surface area contributed by atoms with Crippen molar-refractivity contribution in [2.45, 2.75) is 19.6 Å². The molecule has 0 fully saturated rings. The summed E-state index contributed by atoms with van der Waals surface area (Å²) in [5, 5.41) is 19.4. The maximum Gasteiger partial charge on any atom is 0.346 e. The van der Waals surface area contributed by atoms with Crippen LogP contribution in [0.1, 0.15) is 16.7 Å². The first-order valence-electron chi connectivity index (χ1n) is 12.4. The maximum absolute atomic E-state index is 11.0. The SMILES string of the molecule is C[Si](C)(C)c1ccc(N(c2ccccc2)c2ccc(C=Cc3ccc(C=C(C#N)C(=O)O)cc3)cc2)cc1. The molecule has 1 N–H and O–H groups in total. The van der Waals surface area contributed by atoms with Crippen LogP contribution in [0, 0.1) is 11.3 Å². The summed E-state index contributed by atoms with van der Waals surface area (Å²) in [7, 11) is -1.38. The van der Waals surface area contributed by atoms with Crippen LogP contribution >= 0.6 is 0 Å². The molecule has 0 saturated carbocycles. The van der Waals surface area contributed by atoms with E-state index in [2.05, 4.69) is 97.3 Å². The van der Waals surface area contributed by atoms with Crippen LogP contribution in [0.2, 0.25) is 19.6 Å². The van der Waals surface area contributed by atoms with Gasteiger partial charge in [0.1, 0.15) is 11.6 Å². The van der Waals surface area contributed by atoms with Crippen molar-refractivity contribution < 1.29 is 9.90 Å². The highest BCUT2D eigenvalue weighted by molar-refractivity contribution is 6.88. The highest BCUT2D eigenvalue weighted by Crippen LogP contribution is 2.34. The minimum absolute atomic E-state index is 0.287. The van der Waals surface area contributed by atoms with Crippen LogP contribution < -0.4 is 10.1 Å². The Kier molecular flexibility index (Phi) is 8.05. The lowest BCUT2D eigenvalue weighted by Gasteiger charge is -2.26. The fourth-order valence-electron chi connectivity index (χ4n) is 4.07. The highest BCUT2D eigenvalue weighted by atomic mass is 28.3. The summed E-state index contributed by atoms with van der Waals surface area (Å²) in [6.45, 7) is 7.08. The third kappa shape index (κ3) is 6.55. The molecule has 4 aromatic carbocycles. The first-order chi connectivity index (χ1) is 18.2. The van der Waals surface area contributed by atoms with E-state index in [-0.39, 0.29) is 5.57 Å². The Morgan fingerprint density at radius 2 is 1.16 bits per heavy atom. The van der Waals surface area contributed by atoms with Crippen molar-refractivity contribution in [2.24, 2.45) is 0 Å². The minimum Gasteiger partial charge on any atom is -0.477 e. The second kappa shape index (κ2) is 11.6. The number of hydrogen-bond acceptors (Lipinski definition) is 3. The van der Waals surface area contributed by atoms with Crippen molar-refractivity contribution >= 4 is 54.5 Å². The molecule has 4 rings (SSSR count). The van der Waals surface area contributed by atoms with Crippen LogP contribution in [0.25, 0.3) is 18.2 Å². The van der Waals surface area contributed by atoms with E-state index in [9.17, 15) is 4.79 Å². The largest absolute Gasteiger partial charge is 0.477 e. The number of carbonyl (C=O) groups is 1. The highest BCUT2D eigenvalue weighted by Gasteiger charge is 2.17. The molecular formula is C33H30N2O2Si. The first-order valence-corrected chi connectivity index (χ1v) is 15.9. The zero-order valence-electron chi connectivity index (χ0n) is 21.8. The van der Waals surface area contributed by atoms with E-state index < -0.39 is 14.0 Å². The standard InChI is InChI=1S/C33H30N2O2Si/c1-38(2,3)32-21-19-31(20-22-32)35(29-7-5-4-6-8-29)30-17-15-26(16-18-30)10-9-25-11-13-27(14-12-25)23-28(24-34)33(36)37/h4-23H,1-3H3,(H,36,37). The molecule has 0 amide bonds. The molecule has 0 unspecified atom stereocenters. The second-order valence-corrected chi connectivity index (χ2v) is 15.1. The molecule has 0 spiro atoms. The van der Waals surface area contributed by atoms with E-state index in [0.29, 0.717) is 5.56 Å². The predicted octanol–water partition coefficient (Wildman–Crippen LogP) is 7.86. The topological polar surface area (TPSA) is 64.3 Å². The lowest BCUT2D eigenvalue weighted by atomic mass is 10.1. The zero-order chi connectivity index (χ0) is 27.1. The third-order valence-corrected chi connectivity index (χ3v) is 8.29. The molecule has 0 radical (unpaired) electrons. The molecule has 0 bridgehead atoms. The number of carboxylic acid groups (broad SMARTS) is 1. The number of nitrogens with zero attached hydrogens (tertiary/aromatic N) is 2. The van der Waals surface area contributed by atoms with Crippen LogP contribution in [-0.4, -0.2) is 19.1 Å². The molecule has 0 aliphatic heterocycles. The summed E-state index contributed by atoms with van der Waals surface area (Å²) >= 11 is 0. The van der Waals surface area contributed by atoms with E-state index in [0.717, 1.165) is 28.2 Å². The molecule has 0 aliphatic rings. The third-order valence-electron chi connectivity index (χ3n) is 6.22. The number of nitriles is 1. The van der Waals surface area contributed by atoms with Crippen LogP contribution in [-0.2, 0) is 4.79 Å². The Balaban J connectivity index is 1.56. The van der Waals surface area contributed by atoms with Gasteiger partial charge in [0.25, 0.3) is 0 Å². The fourth-order valence-corrected chi connectivity index (χ4v) is 5.24. The van der Waals surface area contributed by atoms with Crippen molar-refractivity contribution in [2.75, 3.05) is 4.90 Å². The smallest absolute Gasteiger partial charge is 0.346 e. The fraction of sp³-hybridized carbons (Fsp3) is 0.0909. The van der Waals surface area contributed by atoms with Gasteiger partial charge in [0, 0.05) is 17.1 Å². The van der Waals surface area contributed by atoms with Crippen molar-refractivity contribution in [1.82, 2.24) is 0 Å². The van der Waals surface area contributed by atoms with Crippen molar-refractivity contribution in [1.29, 1.82) is 5.26 Å². The van der Waals surface area contributed by atoms with Gasteiger partial charge in [-0.05, 0) is 59.2 Å². The Bertz CT molecular complexity index is 1490. The number of carboxylic acids is 1. The van der Waals surface area contributed by atoms with Gasteiger partial charge in [-0.25, -0.2) is 4.79 Å². The van der Waals surface area contributed by atoms with E-state index in [4.69, 9.17) is 10.4 Å². The Hall–Kier alpha value is -4.66. The molecule has 0 heterocycles. The van der Waals surface area contributed by atoms with Gasteiger partial charge in [0.15, 0.2) is 0 Å². The van der Waals surface area contributed by atoms with Crippen molar-refractivity contribution in [3.05, 3.63) is 125 Å². The van der Waals surface area contributed by atoms with E-state index >= 15 is 0 Å². The summed E-state index contributed by atoms with van der Waals surface area (Å²) in [6, 6.07) is 36.9. The molecule has 5 heteroatoms. The van der Waals surface area contributed by atoms with Crippen molar-refractivity contribution in [3.63, 3.8) is 0 Å². The summed E-state index contributed by atoms with van der Waals surface area (Å²) in [6.07, 6.45) is 5.42. The number of benzene rings is 4. The van der Waals surface area contributed by atoms with Gasteiger partial charge in [-0.3, -0.25) is 0 Å². The zero-order valence-corrected chi connectivity index (χ0v) is 22.8. The molecule has 0 aliphatic carbocycles. The van der Waals surface area contributed by atoms with Crippen LogP contribution in [0.4, 0.5) is 17.1 Å². The van der Waals surface area contributed by atoms with Crippen LogP contribution in [0.5, 0.6) is 0 Å². The van der Waals surface area contributed by atoms with E-state index in [1.807, 2.05) is 30.4 Å². The first kappa shape index (κ1) is 26.4. The molecule has 0 aromatic heterocycles. The minimum atomic E-state index is -1.38. The Morgan fingerprint density at radius 3 is 1.63 bits per heavy atom. The second-order valence-electron chi connectivity index (χ2n) is 10.0. The monoisotopic (exact) mass is 514 g/mol. The summed E-state index contributed by atoms with van der Waals surface area (Å²) in [5.74, 6) is -1.23. The Labute approximate surface area is 225 Å². The summed E-state index contributed by atoms with van der Waals surface area (Å²) in [5.41, 5.74) is 5.74. The normalized spacial score (nSPS) is 11.8. The van der Waals surface area contributed by atoms with Gasteiger partial charge in [-0.15, -0.1) is 0 Å². The van der Waals surface area contributed by atoms with Crippen molar-refractivity contribution in [3.8, 4) is 6.07 Å². The molecule has 188 valence electrons. The van der Waals surface area contributed by atoms with Gasteiger partial charge in [-0.1, -0.05) is 104 Å². The number of anilines is 3. The molecule has 4 nitrogen and oxygen atoms in total. The number of aliphatic carboxylic acids is 1.